The Kier molecular flexibility index (Phi) is 6.50. The van der Waals surface area contributed by atoms with Crippen LogP contribution in [-0.2, 0) is 6.54 Å². The number of piperazine rings is 1. The van der Waals surface area contributed by atoms with Gasteiger partial charge in [0.2, 0.25) is 5.95 Å². The van der Waals surface area contributed by atoms with Crippen molar-refractivity contribution in [2.75, 3.05) is 44.2 Å². The first-order valence-electron chi connectivity index (χ1n) is 11.0. The normalized spacial score (nSPS) is 18.0. The molecule has 1 aromatic heterocycles. The molecule has 0 radical (unpaired) electrons. The zero-order chi connectivity index (χ0) is 22.7. The molecule has 0 saturated carbocycles. The number of hydrogen-bond donors (Lipinski definition) is 1. The average Bonchev–Trinajstić information content (AvgIpc) is 2.80. The lowest BCUT2D eigenvalue weighted by molar-refractivity contribution is -0.384. The van der Waals surface area contributed by atoms with Gasteiger partial charge >= 0.3 is 0 Å². The van der Waals surface area contributed by atoms with E-state index in [2.05, 4.69) is 21.8 Å². The number of hydrogen-bond acceptors (Lipinski definition) is 7. The molecule has 2 aliphatic heterocycles. The molecule has 2 aliphatic rings. The molecule has 1 N–H and O–H groups in total. The van der Waals surface area contributed by atoms with Gasteiger partial charge in [0.05, 0.1) is 10.6 Å². The molecule has 0 atom stereocenters. The molecule has 0 bridgehead atoms. The lowest BCUT2D eigenvalue weighted by atomic mass is 9.99. The SMILES string of the molecule is CC1CCN(Cc2cc(=O)[nH]c(N3CCN(C(=O)c4cccc([N+](=O)[O-])c4)CC3)n2)CC1. The number of nitrogens with zero attached hydrogens (tertiary/aromatic N) is 5. The van der Waals surface area contributed by atoms with Crippen molar-refractivity contribution in [3.63, 3.8) is 0 Å². The summed E-state index contributed by atoms with van der Waals surface area (Å²) in [6.45, 7) is 6.90. The highest BCUT2D eigenvalue weighted by Gasteiger charge is 2.25. The maximum absolute atomic E-state index is 12.8. The molecule has 0 aliphatic carbocycles. The van der Waals surface area contributed by atoms with E-state index in [4.69, 9.17) is 0 Å². The zero-order valence-electron chi connectivity index (χ0n) is 18.2. The van der Waals surface area contributed by atoms with Crippen molar-refractivity contribution in [3.8, 4) is 0 Å². The molecule has 2 saturated heterocycles. The molecule has 32 heavy (non-hydrogen) atoms. The number of amides is 1. The molecule has 0 unspecified atom stereocenters. The highest BCUT2D eigenvalue weighted by Crippen LogP contribution is 2.19. The van der Waals surface area contributed by atoms with Crippen LogP contribution in [0.3, 0.4) is 0 Å². The van der Waals surface area contributed by atoms with Crippen molar-refractivity contribution in [1.82, 2.24) is 19.8 Å². The van der Waals surface area contributed by atoms with Crippen LogP contribution < -0.4 is 10.5 Å². The summed E-state index contributed by atoms with van der Waals surface area (Å²) in [5, 5.41) is 11.0. The molecule has 170 valence electrons. The monoisotopic (exact) mass is 440 g/mol. The number of aromatic amines is 1. The van der Waals surface area contributed by atoms with Crippen molar-refractivity contribution >= 4 is 17.5 Å². The van der Waals surface area contributed by atoms with Gasteiger partial charge in [-0.3, -0.25) is 29.6 Å². The van der Waals surface area contributed by atoms with Gasteiger partial charge in [-0.25, -0.2) is 4.98 Å². The van der Waals surface area contributed by atoms with Crippen LogP contribution in [0.2, 0.25) is 0 Å². The number of nitro benzene ring substituents is 1. The summed E-state index contributed by atoms with van der Waals surface area (Å²) in [5.74, 6) is 1.04. The van der Waals surface area contributed by atoms with E-state index >= 15 is 0 Å². The average molecular weight is 441 g/mol. The quantitative estimate of drug-likeness (QED) is 0.557. The molecule has 0 spiro atoms. The Balaban J connectivity index is 1.39. The molecule has 1 aromatic carbocycles. The molecule has 2 aromatic rings. The Morgan fingerprint density at radius 1 is 1.16 bits per heavy atom. The molecule has 3 heterocycles. The van der Waals surface area contributed by atoms with Crippen molar-refractivity contribution in [2.45, 2.75) is 26.3 Å². The standard InChI is InChI=1S/C22H28N6O4/c1-16-5-7-25(8-6-16)15-18-14-20(29)24-22(23-18)27-11-9-26(10-12-27)21(30)17-3-2-4-19(13-17)28(31)32/h2-4,13-14,16H,5-12,15H2,1H3,(H,23,24,29). The molecule has 10 nitrogen and oxygen atoms in total. The zero-order valence-corrected chi connectivity index (χ0v) is 18.2. The first-order valence-corrected chi connectivity index (χ1v) is 11.0. The van der Waals surface area contributed by atoms with Crippen LogP contribution in [0, 0.1) is 16.0 Å². The number of anilines is 1. The number of H-pyrrole nitrogens is 1. The molecule has 4 rings (SSSR count). The Labute approximate surface area is 186 Å². The number of piperidine rings is 1. The number of rotatable bonds is 5. The summed E-state index contributed by atoms with van der Waals surface area (Å²) in [6.07, 6.45) is 2.33. The van der Waals surface area contributed by atoms with Gasteiger partial charge in [0, 0.05) is 56.5 Å². The second-order valence-electron chi connectivity index (χ2n) is 8.61. The summed E-state index contributed by atoms with van der Waals surface area (Å²) in [6, 6.07) is 7.34. The molecule has 10 heteroatoms. The van der Waals surface area contributed by atoms with Gasteiger partial charge in [0.25, 0.3) is 17.2 Å². The van der Waals surface area contributed by atoms with E-state index in [0.717, 1.165) is 37.5 Å². The van der Waals surface area contributed by atoms with Gasteiger partial charge in [-0.1, -0.05) is 13.0 Å². The van der Waals surface area contributed by atoms with Gasteiger partial charge in [0.15, 0.2) is 0 Å². The second kappa shape index (κ2) is 9.47. The Bertz CT molecular complexity index is 1040. The summed E-state index contributed by atoms with van der Waals surface area (Å²) >= 11 is 0. The van der Waals surface area contributed by atoms with E-state index in [1.165, 1.54) is 18.2 Å². The topological polar surface area (TPSA) is 116 Å². The number of nitro groups is 1. The molecular formula is C22H28N6O4. The van der Waals surface area contributed by atoms with Gasteiger partial charge in [-0.05, 0) is 37.9 Å². The van der Waals surface area contributed by atoms with Crippen LogP contribution in [0.4, 0.5) is 11.6 Å². The summed E-state index contributed by atoms with van der Waals surface area (Å²) in [7, 11) is 0. The van der Waals surface area contributed by atoms with Crippen molar-refractivity contribution in [3.05, 3.63) is 62.1 Å². The third-order valence-electron chi connectivity index (χ3n) is 6.21. The van der Waals surface area contributed by atoms with E-state index < -0.39 is 4.92 Å². The smallest absolute Gasteiger partial charge is 0.270 e. The summed E-state index contributed by atoms with van der Waals surface area (Å²) < 4.78 is 0. The number of nitrogens with one attached hydrogen (secondary N) is 1. The summed E-state index contributed by atoms with van der Waals surface area (Å²) in [5.41, 5.74) is 0.784. The highest BCUT2D eigenvalue weighted by molar-refractivity contribution is 5.95. The third kappa shape index (κ3) is 5.13. The lowest BCUT2D eigenvalue weighted by Crippen LogP contribution is -2.49. The number of aromatic nitrogens is 2. The van der Waals surface area contributed by atoms with E-state index in [1.807, 2.05) is 4.90 Å². The van der Waals surface area contributed by atoms with E-state index in [1.54, 1.807) is 17.0 Å². The van der Waals surface area contributed by atoms with Crippen molar-refractivity contribution in [1.29, 1.82) is 0 Å². The van der Waals surface area contributed by atoms with E-state index in [9.17, 15) is 19.7 Å². The number of benzene rings is 1. The van der Waals surface area contributed by atoms with Gasteiger partial charge < -0.3 is 9.80 Å². The highest BCUT2D eigenvalue weighted by atomic mass is 16.6. The van der Waals surface area contributed by atoms with Crippen LogP contribution in [0.1, 0.15) is 35.8 Å². The fourth-order valence-electron chi connectivity index (χ4n) is 4.23. The van der Waals surface area contributed by atoms with Crippen LogP contribution in [-0.4, -0.2) is 69.9 Å². The maximum Gasteiger partial charge on any atom is 0.270 e. The predicted molar refractivity (Wildman–Crippen MR) is 120 cm³/mol. The van der Waals surface area contributed by atoms with Crippen LogP contribution in [0.5, 0.6) is 0 Å². The summed E-state index contributed by atoms with van der Waals surface area (Å²) in [4.78, 5) is 49.0. The first-order chi connectivity index (χ1) is 15.4. The van der Waals surface area contributed by atoms with Crippen LogP contribution in [0.15, 0.2) is 35.1 Å². The second-order valence-corrected chi connectivity index (χ2v) is 8.61. The predicted octanol–water partition coefficient (Wildman–Crippen LogP) is 1.87. The van der Waals surface area contributed by atoms with E-state index in [-0.39, 0.29) is 17.2 Å². The van der Waals surface area contributed by atoms with Gasteiger partial charge in [0.1, 0.15) is 0 Å². The third-order valence-corrected chi connectivity index (χ3v) is 6.21. The van der Waals surface area contributed by atoms with Crippen LogP contribution >= 0.6 is 0 Å². The van der Waals surface area contributed by atoms with Crippen LogP contribution in [0.25, 0.3) is 0 Å². The van der Waals surface area contributed by atoms with Crippen molar-refractivity contribution in [2.24, 2.45) is 5.92 Å². The first kappa shape index (κ1) is 21.9. The molecule has 1 amide bonds. The maximum atomic E-state index is 12.8. The van der Waals surface area contributed by atoms with Gasteiger partial charge in [-0.15, -0.1) is 0 Å². The minimum Gasteiger partial charge on any atom is -0.339 e. The molecular weight excluding hydrogens is 412 g/mol. The minimum atomic E-state index is -0.506. The van der Waals surface area contributed by atoms with Crippen molar-refractivity contribution < 1.29 is 9.72 Å². The Morgan fingerprint density at radius 2 is 1.88 bits per heavy atom. The van der Waals surface area contributed by atoms with Gasteiger partial charge in [-0.2, -0.15) is 0 Å². The Morgan fingerprint density at radius 3 is 2.56 bits per heavy atom. The lowest BCUT2D eigenvalue weighted by Gasteiger charge is -2.35. The number of carbonyl (C=O) groups excluding carboxylic acids is 1. The molecule has 2 fully saturated rings. The number of carbonyl (C=O) groups is 1. The fourth-order valence-corrected chi connectivity index (χ4v) is 4.23. The number of likely N-dealkylation sites (tertiary alicyclic amines) is 1. The minimum absolute atomic E-state index is 0.101. The largest absolute Gasteiger partial charge is 0.339 e. The van der Waals surface area contributed by atoms with E-state index in [0.29, 0.717) is 44.2 Å². The number of non-ortho nitro benzene ring substituents is 1. The Hall–Kier alpha value is -3.27. The fraction of sp³-hybridized carbons (Fsp3) is 0.500.